The van der Waals surface area contributed by atoms with Crippen molar-refractivity contribution in [3.63, 3.8) is 0 Å². The lowest BCUT2D eigenvalue weighted by Gasteiger charge is -2.34. The van der Waals surface area contributed by atoms with Crippen LogP contribution in [0.15, 0.2) is 53.9 Å². The summed E-state index contributed by atoms with van der Waals surface area (Å²) in [6, 6.07) is 13.8. The lowest BCUT2D eigenvalue weighted by molar-refractivity contribution is -0.131. The maximum Gasteiger partial charge on any atom is 0.261 e. The fourth-order valence-electron chi connectivity index (χ4n) is 2.84. The molecule has 2 aromatic rings. The Kier molecular flexibility index (Phi) is 6.57. The molecule has 2 heterocycles. The van der Waals surface area contributed by atoms with Crippen molar-refractivity contribution in [2.45, 2.75) is 0 Å². The zero-order valence-corrected chi connectivity index (χ0v) is 15.5. The molecule has 0 aliphatic carbocycles. The van der Waals surface area contributed by atoms with Crippen molar-refractivity contribution >= 4 is 29.2 Å². The molecule has 1 N–H and O–H groups in total. The minimum atomic E-state index is -0.182. The summed E-state index contributed by atoms with van der Waals surface area (Å²) in [5.41, 5.74) is 1.20. The van der Waals surface area contributed by atoms with Crippen LogP contribution >= 0.6 is 11.3 Å². The fraction of sp³-hybridized carbons (Fsp3) is 0.300. The number of thiophene rings is 1. The summed E-state index contributed by atoms with van der Waals surface area (Å²) in [6.07, 6.45) is 4.28. The molecule has 1 aliphatic heterocycles. The first-order valence-electron chi connectivity index (χ1n) is 8.76. The van der Waals surface area contributed by atoms with Crippen LogP contribution in [0.3, 0.4) is 0 Å². The van der Waals surface area contributed by atoms with Crippen LogP contribution in [0, 0.1) is 0 Å². The van der Waals surface area contributed by atoms with Crippen molar-refractivity contribution in [3.8, 4) is 0 Å². The molecule has 5 nitrogen and oxygen atoms in total. The molecule has 0 unspecified atom stereocenters. The van der Waals surface area contributed by atoms with Gasteiger partial charge in [-0.3, -0.25) is 14.5 Å². The van der Waals surface area contributed by atoms with Crippen molar-refractivity contribution in [1.82, 2.24) is 15.1 Å². The predicted octanol–water partition coefficient (Wildman–Crippen LogP) is 2.34. The lowest BCUT2D eigenvalue weighted by atomic mass is 10.2. The third kappa shape index (κ3) is 5.28. The second-order valence-electron chi connectivity index (χ2n) is 6.15. The van der Waals surface area contributed by atoms with Crippen molar-refractivity contribution in [1.29, 1.82) is 0 Å². The van der Waals surface area contributed by atoms with E-state index in [1.807, 2.05) is 34.5 Å². The van der Waals surface area contributed by atoms with E-state index in [1.54, 1.807) is 6.07 Å². The second-order valence-corrected chi connectivity index (χ2v) is 7.10. The number of hydrogen-bond donors (Lipinski definition) is 1. The maximum absolute atomic E-state index is 12.3. The van der Waals surface area contributed by atoms with E-state index in [0.29, 0.717) is 18.0 Å². The number of rotatable bonds is 6. The molecule has 1 aromatic heterocycles. The maximum atomic E-state index is 12.3. The standard InChI is InChI=1S/C20H23N3O2S/c24-19(16-21-20(25)18-9-5-15-26-18)23-13-11-22(12-14-23)10-4-8-17-6-2-1-3-7-17/h1-9,15H,10-14,16H2,(H,21,25)/b8-4+. The van der Waals surface area contributed by atoms with Gasteiger partial charge in [-0.2, -0.15) is 0 Å². The van der Waals surface area contributed by atoms with Gasteiger partial charge in [-0.25, -0.2) is 0 Å². The van der Waals surface area contributed by atoms with Crippen molar-refractivity contribution in [2.24, 2.45) is 0 Å². The number of nitrogens with zero attached hydrogens (tertiary/aromatic N) is 2. The molecule has 1 saturated heterocycles. The largest absolute Gasteiger partial charge is 0.342 e. The van der Waals surface area contributed by atoms with E-state index < -0.39 is 0 Å². The van der Waals surface area contributed by atoms with Gasteiger partial charge in [0, 0.05) is 32.7 Å². The number of benzene rings is 1. The normalized spacial score (nSPS) is 15.3. The SMILES string of the molecule is O=C(NCC(=O)N1CCN(C/C=C/c2ccccc2)CC1)c1cccs1. The van der Waals surface area contributed by atoms with E-state index in [4.69, 9.17) is 0 Å². The number of amides is 2. The molecule has 0 spiro atoms. The Labute approximate surface area is 157 Å². The summed E-state index contributed by atoms with van der Waals surface area (Å²) in [4.78, 5) is 28.9. The molecule has 2 amide bonds. The number of carbonyl (C=O) groups excluding carboxylic acids is 2. The van der Waals surface area contributed by atoms with E-state index in [0.717, 1.165) is 19.6 Å². The van der Waals surface area contributed by atoms with Gasteiger partial charge in [-0.1, -0.05) is 48.6 Å². The monoisotopic (exact) mass is 369 g/mol. The summed E-state index contributed by atoms with van der Waals surface area (Å²) in [5, 5.41) is 4.55. The van der Waals surface area contributed by atoms with Gasteiger partial charge in [0.2, 0.25) is 5.91 Å². The lowest BCUT2D eigenvalue weighted by Crippen LogP contribution is -2.51. The summed E-state index contributed by atoms with van der Waals surface area (Å²) in [6.45, 7) is 4.05. The third-order valence-electron chi connectivity index (χ3n) is 4.34. The number of piperazine rings is 1. The average molecular weight is 369 g/mol. The van der Waals surface area contributed by atoms with Crippen LogP contribution in [0.2, 0.25) is 0 Å². The summed E-state index contributed by atoms with van der Waals surface area (Å²) in [7, 11) is 0. The van der Waals surface area contributed by atoms with Crippen LogP contribution in [0.1, 0.15) is 15.2 Å². The van der Waals surface area contributed by atoms with E-state index in [9.17, 15) is 9.59 Å². The Morgan fingerprint density at radius 3 is 2.50 bits per heavy atom. The van der Waals surface area contributed by atoms with Crippen molar-refractivity contribution < 1.29 is 9.59 Å². The van der Waals surface area contributed by atoms with Gasteiger partial charge in [0.25, 0.3) is 5.91 Å². The summed E-state index contributed by atoms with van der Waals surface area (Å²) >= 11 is 1.37. The van der Waals surface area contributed by atoms with Gasteiger partial charge in [-0.15, -0.1) is 11.3 Å². The Hall–Kier alpha value is -2.44. The van der Waals surface area contributed by atoms with Gasteiger partial charge in [0.1, 0.15) is 0 Å². The van der Waals surface area contributed by atoms with Gasteiger partial charge in [-0.05, 0) is 17.0 Å². The molecule has 0 bridgehead atoms. The highest BCUT2D eigenvalue weighted by atomic mass is 32.1. The summed E-state index contributed by atoms with van der Waals surface area (Å²) in [5.74, 6) is -0.201. The molecule has 136 valence electrons. The molecule has 1 aliphatic rings. The number of hydrogen-bond acceptors (Lipinski definition) is 4. The Morgan fingerprint density at radius 2 is 1.81 bits per heavy atom. The zero-order valence-electron chi connectivity index (χ0n) is 14.6. The Bertz CT molecular complexity index is 736. The molecule has 1 aromatic carbocycles. The first kappa shape index (κ1) is 18.4. The van der Waals surface area contributed by atoms with E-state index in [2.05, 4.69) is 34.5 Å². The molecular weight excluding hydrogens is 346 g/mol. The second kappa shape index (κ2) is 9.31. The van der Waals surface area contributed by atoms with Gasteiger partial charge in [0.15, 0.2) is 0 Å². The first-order valence-corrected chi connectivity index (χ1v) is 9.64. The predicted molar refractivity (Wildman–Crippen MR) is 105 cm³/mol. The van der Waals surface area contributed by atoms with E-state index in [1.165, 1.54) is 16.9 Å². The third-order valence-corrected chi connectivity index (χ3v) is 5.21. The fourth-order valence-corrected chi connectivity index (χ4v) is 3.48. The highest BCUT2D eigenvalue weighted by molar-refractivity contribution is 7.12. The minimum absolute atomic E-state index is 0.0191. The molecule has 0 radical (unpaired) electrons. The van der Waals surface area contributed by atoms with Crippen LogP contribution in [0.5, 0.6) is 0 Å². The molecule has 26 heavy (non-hydrogen) atoms. The van der Waals surface area contributed by atoms with Crippen molar-refractivity contribution in [2.75, 3.05) is 39.3 Å². The zero-order chi connectivity index (χ0) is 18.2. The quantitative estimate of drug-likeness (QED) is 0.850. The number of carbonyl (C=O) groups is 2. The van der Waals surface area contributed by atoms with Gasteiger partial charge >= 0.3 is 0 Å². The molecule has 3 rings (SSSR count). The van der Waals surface area contributed by atoms with Crippen LogP contribution in [0.4, 0.5) is 0 Å². The molecular formula is C20H23N3O2S. The van der Waals surface area contributed by atoms with Crippen LogP contribution < -0.4 is 5.32 Å². The first-order chi connectivity index (χ1) is 12.7. The van der Waals surface area contributed by atoms with Crippen LogP contribution in [0.25, 0.3) is 6.08 Å². The Balaban J connectivity index is 1.37. The molecule has 6 heteroatoms. The van der Waals surface area contributed by atoms with E-state index >= 15 is 0 Å². The average Bonchev–Trinajstić information content (AvgIpc) is 3.22. The highest BCUT2D eigenvalue weighted by Crippen LogP contribution is 2.08. The number of nitrogens with one attached hydrogen (secondary N) is 1. The van der Waals surface area contributed by atoms with Crippen molar-refractivity contribution in [3.05, 3.63) is 64.4 Å². The molecule has 0 saturated carbocycles. The molecule has 0 atom stereocenters. The Morgan fingerprint density at radius 1 is 1.04 bits per heavy atom. The van der Waals surface area contributed by atoms with Crippen LogP contribution in [-0.2, 0) is 4.79 Å². The summed E-state index contributed by atoms with van der Waals surface area (Å²) < 4.78 is 0. The highest BCUT2D eigenvalue weighted by Gasteiger charge is 2.20. The van der Waals surface area contributed by atoms with Crippen LogP contribution in [-0.4, -0.2) is 60.9 Å². The van der Waals surface area contributed by atoms with Gasteiger partial charge < -0.3 is 10.2 Å². The van der Waals surface area contributed by atoms with Gasteiger partial charge in [0.05, 0.1) is 11.4 Å². The molecule has 1 fully saturated rings. The van der Waals surface area contributed by atoms with E-state index in [-0.39, 0.29) is 18.4 Å². The smallest absolute Gasteiger partial charge is 0.261 e. The topological polar surface area (TPSA) is 52.7 Å². The minimum Gasteiger partial charge on any atom is -0.342 e.